The number of fused-ring (bicyclic) bond motifs is 1. The molecular formula is C7H9N5O+2. The molecule has 5 N–H and O–H groups in total. The first kappa shape index (κ1) is 7.66. The van der Waals surface area contributed by atoms with Crippen LogP contribution in [0.15, 0.2) is 11.0 Å². The van der Waals surface area contributed by atoms with E-state index in [9.17, 15) is 4.79 Å². The molecular weight excluding hydrogens is 170 g/mol. The van der Waals surface area contributed by atoms with Crippen LogP contribution in [-0.4, -0.2) is 9.97 Å². The quantitative estimate of drug-likeness (QED) is 0.511. The number of aromatic amines is 3. The summed E-state index contributed by atoms with van der Waals surface area (Å²) in [6, 6.07) is 0. The second kappa shape index (κ2) is 2.51. The van der Waals surface area contributed by atoms with Crippen LogP contribution in [-0.2, 0) is 0 Å². The van der Waals surface area contributed by atoms with Gasteiger partial charge in [0.15, 0.2) is 6.20 Å². The molecule has 0 unspecified atom stereocenters. The van der Waals surface area contributed by atoms with Crippen molar-refractivity contribution in [3.63, 3.8) is 0 Å². The predicted octanol–water partition coefficient (Wildman–Crippen LogP) is -1.56. The zero-order valence-corrected chi connectivity index (χ0v) is 7.01. The van der Waals surface area contributed by atoms with Crippen molar-refractivity contribution >= 4 is 17.1 Å². The van der Waals surface area contributed by atoms with Gasteiger partial charge in [0.25, 0.3) is 11.1 Å². The Bertz CT molecular complexity index is 518. The fraction of sp³-hybridized carbons (Fsp3) is 0.143. The first-order valence-electron chi connectivity index (χ1n) is 3.77. The number of hydrogen-bond acceptors (Lipinski definition) is 3. The molecule has 66 valence electrons. The standard InChI is InChI=1S/C7H7N5O/c1-3-2-9-5-4(10-3)6(13)12-7(8)11-5/h2H,1H3,(H3,8,9,11,12,13)/p+2. The molecule has 0 aliphatic carbocycles. The molecule has 2 aromatic heterocycles. The highest BCUT2D eigenvalue weighted by Gasteiger charge is 2.15. The van der Waals surface area contributed by atoms with Crippen LogP contribution in [0.1, 0.15) is 5.69 Å². The highest BCUT2D eigenvalue weighted by atomic mass is 16.1. The monoisotopic (exact) mass is 179 g/mol. The smallest absolute Gasteiger partial charge is 0.330 e. The summed E-state index contributed by atoms with van der Waals surface area (Å²) in [5, 5.41) is 0. The topological polar surface area (TPSA) is 100 Å². The fourth-order valence-electron chi connectivity index (χ4n) is 1.12. The highest BCUT2D eigenvalue weighted by Crippen LogP contribution is 1.93. The summed E-state index contributed by atoms with van der Waals surface area (Å²) in [5.41, 5.74) is 6.70. The maximum Gasteiger partial charge on any atom is 0.475 e. The molecule has 13 heavy (non-hydrogen) atoms. The molecule has 0 bridgehead atoms. The third-order valence-electron chi connectivity index (χ3n) is 1.67. The molecule has 0 saturated heterocycles. The van der Waals surface area contributed by atoms with E-state index >= 15 is 0 Å². The third kappa shape index (κ3) is 1.22. The molecule has 0 atom stereocenters. The Balaban J connectivity index is 2.95. The van der Waals surface area contributed by atoms with E-state index in [2.05, 4.69) is 19.9 Å². The van der Waals surface area contributed by atoms with Gasteiger partial charge in [-0.25, -0.2) is 4.98 Å². The number of rotatable bonds is 0. The summed E-state index contributed by atoms with van der Waals surface area (Å²) in [6.07, 6.45) is 1.69. The van der Waals surface area contributed by atoms with Gasteiger partial charge < -0.3 is 5.73 Å². The van der Waals surface area contributed by atoms with Crippen LogP contribution in [0, 0.1) is 6.92 Å². The predicted molar refractivity (Wildman–Crippen MR) is 44.6 cm³/mol. The van der Waals surface area contributed by atoms with E-state index in [1.165, 1.54) is 0 Å². The van der Waals surface area contributed by atoms with Crippen molar-refractivity contribution in [1.29, 1.82) is 0 Å². The van der Waals surface area contributed by atoms with Gasteiger partial charge in [0.1, 0.15) is 5.69 Å². The Morgan fingerprint density at radius 3 is 3.15 bits per heavy atom. The normalized spacial score (nSPS) is 10.5. The molecule has 0 radical (unpaired) electrons. The number of hydrogen-bond donors (Lipinski definition) is 2. The number of nitrogens with zero attached hydrogens (tertiary/aromatic N) is 1. The zero-order chi connectivity index (χ0) is 9.42. The van der Waals surface area contributed by atoms with Gasteiger partial charge in [0.05, 0.1) is 0 Å². The lowest BCUT2D eigenvalue weighted by Crippen LogP contribution is -2.28. The minimum atomic E-state index is -0.300. The Morgan fingerprint density at radius 1 is 1.62 bits per heavy atom. The van der Waals surface area contributed by atoms with Gasteiger partial charge in [-0.1, -0.05) is 0 Å². The van der Waals surface area contributed by atoms with Crippen molar-refractivity contribution in [3.8, 4) is 0 Å². The van der Waals surface area contributed by atoms with Gasteiger partial charge in [-0.05, 0) is 6.92 Å². The number of aryl methyl sites for hydroxylation is 1. The maximum atomic E-state index is 11.3. The third-order valence-corrected chi connectivity index (χ3v) is 1.67. The number of anilines is 1. The molecule has 2 aromatic rings. The molecule has 0 aliphatic heterocycles. The summed E-state index contributed by atoms with van der Waals surface area (Å²) < 4.78 is 0. The largest absolute Gasteiger partial charge is 0.475 e. The van der Waals surface area contributed by atoms with Gasteiger partial charge in [0.2, 0.25) is 0 Å². The average Bonchev–Trinajstić information content (AvgIpc) is 2.06. The summed E-state index contributed by atoms with van der Waals surface area (Å²) in [6.45, 7) is 1.80. The molecule has 2 rings (SSSR count). The second-order valence-corrected chi connectivity index (χ2v) is 2.76. The van der Waals surface area contributed by atoms with Crippen LogP contribution < -0.4 is 21.3 Å². The van der Waals surface area contributed by atoms with Crippen LogP contribution >= 0.6 is 0 Å². The molecule has 0 aromatic carbocycles. The lowest BCUT2D eigenvalue weighted by Gasteiger charge is -1.87. The van der Waals surface area contributed by atoms with Crippen molar-refractivity contribution < 1.29 is 9.97 Å². The van der Waals surface area contributed by atoms with Gasteiger partial charge >= 0.3 is 11.6 Å². The van der Waals surface area contributed by atoms with Gasteiger partial charge in [-0.2, -0.15) is 4.98 Å². The average molecular weight is 179 g/mol. The van der Waals surface area contributed by atoms with Crippen molar-refractivity contribution in [3.05, 3.63) is 22.2 Å². The Kier molecular flexibility index (Phi) is 1.48. The van der Waals surface area contributed by atoms with E-state index in [0.29, 0.717) is 11.2 Å². The first-order valence-corrected chi connectivity index (χ1v) is 3.77. The van der Waals surface area contributed by atoms with E-state index < -0.39 is 0 Å². The Hall–Kier alpha value is -1.98. The maximum absolute atomic E-state index is 11.3. The SMILES string of the molecule is Cc1c[nH+]c2[nH+]c(N)[nH]c(=O)c2n1. The fourth-order valence-corrected chi connectivity index (χ4v) is 1.12. The van der Waals surface area contributed by atoms with Gasteiger partial charge in [-0.15, -0.1) is 4.98 Å². The summed E-state index contributed by atoms with van der Waals surface area (Å²) in [5.74, 6) is 0.208. The molecule has 0 aliphatic rings. The first-order chi connectivity index (χ1) is 6.16. The minimum Gasteiger partial charge on any atom is -0.330 e. The van der Waals surface area contributed by atoms with Crippen molar-refractivity contribution in [1.82, 2.24) is 9.97 Å². The van der Waals surface area contributed by atoms with Crippen molar-refractivity contribution in [2.75, 3.05) is 5.73 Å². The van der Waals surface area contributed by atoms with E-state index in [1.54, 1.807) is 13.1 Å². The van der Waals surface area contributed by atoms with E-state index in [-0.39, 0.29) is 11.5 Å². The molecule has 0 saturated carbocycles. The molecule has 0 amide bonds. The number of nitrogens with two attached hydrogens (primary N) is 1. The molecule has 0 fully saturated rings. The molecule has 6 heteroatoms. The molecule has 2 heterocycles. The van der Waals surface area contributed by atoms with Crippen molar-refractivity contribution in [2.24, 2.45) is 0 Å². The van der Waals surface area contributed by atoms with Crippen molar-refractivity contribution in [2.45, 2.75) is 6.92 Å². The zero-order valence-electron chi connectivity index (χ0n) is 7.01. The molecule has 0 spiro atoms. The lowest BCUT2D eigenvalue weighted by atomic mass is 10.4. The minimum absolute atomic E-state index is 0.208. The number of H-pyrrole nitrogens is 3. The van der Waals surface area contributed by atoms with Crippen LogP contribution in [0.25, 0.3) is 11.2 Å². The van der Waals surface area contributed by atoms with Crippen LogP contribution in [0.5, 0.6) is 0 Å². The molecule has 6 nitrogen and oxygen atoms in total. The van der Waals surface area contributed by atoms with Crippen LogP contribution in [0.2, 0.25) is 0 Å². The van der Waals surface area contributed by atoms with Gasteiger partial charge in [0, 0.05) is 0 Å². The van der Waals surface area contributed by atoms with E-state index in [1.807, 2.05) is 0 Å². The number of nitrogen functional groups attached to an aromatic ring is 1. The highest BCUT2D eigenvalue weighted by molar-refractivity contribution is 5.61. The Labute approximate surface area is 72.9 Å². The van der Waals surface area contributed by atoms with Gasteiger partial charge in [-0.3, -0.25) is 9.78 Å². The summed E-state index contributed by atoms with van der Waals surface area (Å²) in [7, 11) is 0. The summed E-state index contributed by atoms with van der Waals surface area (Å²) >= 11 is 0. The van der Waals surface area contributed by atoms with E-state index in [4.69, 9.17) is 5.73 Å². The van der Waals surface area contributed by atoms with E-state index in [0.717, 1.165) is 5.69 Å². The number of nitrogens with one attached hydrogen (secondary N) is 3. The second-order valence-electron chi connectivity index (χ2n) is 2.76. The number of aromatic nitrogens is 4. The van der Waals surface area contributed by atoms with Crippen LogP contribution in [0.4, 0.5) is 5.95 Å². The lowest BCUT2D eigenvalue weighted by molar-refractivity contribution is -0.464. The van der Waals surface area contributed by atoms with Crippen LogP contribution in [0.3, 0.4) is 0 Å². The Morgan fingerprint density at radius 2 is 2.38 bits per heavy atom. The summed E-state index contributed by atoms with van der Waals surface area (Å²) in [4.78, 5) is 23.4.